The van der Waals surface area contributed by atoms with Crippen molar-refractivity contribution in [3.63, 3.8) is 0 Å². The van der Waals surface area contributed by atoms with Crippen LogP contribution < -0.4 is 5.32 Å². The first-order chi connectivity index (χ1) is 17.3. The molecule has 0 radical (unpaired) electrons. The number of aliphatic hydroxyl groups is 1. The summed E-state index contributed by atoms with van der Waals surface area (Å²) in [7, 11) is 3.46. The van der Waals surface area contributed by atoms with E-state index < -0.39 is 23.1 Å². The Hall–Kier alpha value is -1.45. The van der Waals surface area contributed by atoms with Crippen LogP contribution in [0.3, 0.4) is 0 Å². The molecule has 1 aliphatic carbocycles. The second-order valence-electron chi connectivity index (χ2n) is 10.3. The highest BCUT2D eigenvalue weighted by atomic mass is 35.5. The van der Waals surface area contributed by atoms with Crippen molar-refractivity contribution in [1.29, 1.82) is 0 Å². The van der Waals surface area contributed by atoms with Gasteiger partial charge in [-0.25, -0.2) is 9.18 Å². The quantitative estimate of drug-likeness (QED) is 0.329. The van der Waals surface area contributed by atoms with E-state index in [-0.39, 0.29) is 42.6 Å². The van der Waals surface area contributed by atoms with Crippen molar-refractivity contribution in [2.24, 2.45) is 11.8 Å². The van der Waals surface area contributed by atoms with Crippen LogP contribution in [0.1, 0.15) is 63.4 Å². The summed E-state index contributed by atoms with van der Waals surface area (Å²) in [6.07, 6.45) is 6.82. The van der Waals surface area contributed by atoms with E-state index in [4.69, 9.17) is 21.1 Å². The van der Waals surface area contributed by atoms with Gasteiger partial charge in [0.25, 0.3) is 0 Å². The number of amides is 1. The number of nitrogens with one attached hydrogen (secondary N) is 1. The maximum Gasteiger partial charge on any atom is 0.407 e. The van der Waals surface area contributed by atoms with E-state index in [1.54, 1.807) is 19.2 Å². The van der Waals surface area contributed by atoms with Crippen LogP contribution in [0.15, 0.2) is 18.2 Å². The lowest BCUT2D eigenvalue weighted by molar-refractivity contribution is -0.248. The third kappa shape index (κ3) is 6.33. The molecule has 9 heteroatoms. The van der Waals surface area contributed by atoms with Crippen LogP contribution in [-0.2, 0) is 15.1 Å². The fourth-order valence-corrected chi connectivity index (χ4v) is 6.45. The van der Waals surface area contributed by atoms with Gasteiger partial charge in [-0.2, -0.15) is 0 Å². The number of halogens is 2. The number of nitrogens with zero attached hydrogens (tertiary/aromatic N) is 1. The van der Waals surface area contributed by atoms with Crippen molar-refractivity contribution >= 4 is 17.7 Å². The van der Waals surface area contributed by atoms with Crippen LogP contribution in [0, 0.1) is 17.7 Å². The van der Waals surface area contributed by atoms with Crippen molar-refractivity contribution in [2.75, 3.05) is 47.0 Å². The summed E-state index contributed by atoms with van der Waals surface area (Å²) in [5.41, 5.74) is -3.10. The molecule has 1 amide bonds. The summed E-state index contributed by atoms with van der Waals surface area (Å²) >= 11 is 6.20. The fourth-order valence-electron chi connectivity index (χ4n) is 6.28. The molecule has 1 aliphatic heterocycles. The Balaban J connectivity index is 2.15. The number of rotatable bonds is 12. The van der Waals surface area contributed by atoms with E-state index in [0.717, 1.165) is 32.1 Å². The molecule has 204 valence electrons. The monoisotopic (exact) mass is 528 g/mol. The van der Waals surface area contributed by atoms with Crippen LogP contribution in [0.5, 0.6) is 0 Å². The van der Waals surface area contributed by atoms with E-state index in [1.165, 1.54) is 17.4 Å². The molecule has 0 spiro atoms. The average molecular weight is 529 g/mol. The van der Waals surface area contributed by atoms with Crippen molar-refractivity contribution in [2.45, 2.75) is 69.0 Å². The van der Waals surface area contributed by atoms with Gasteiger partial charge in [0, 0.05) is 38.3 Å². The number of methoxy groups -OCH3 is 1. The summed E-state index contributed by atoms with van der Waals surface area (Å²) in [6.45, 7) is 1.29. The molecule has 2 aliphatic rings. The van der Waals surface area contributed by atoms with Crippen molar-refractivity contribution in [3.05, 3.63) is 34.6 Å². The van der Waals surface area contributed by atoms with Gasteiger partial charge in [-0.3, -0.25) is 0 Å². The average Bonchev–Trinajstić information content (AvgIpc) is 2.88. The summed E-state index contributed by atoms with van der Waals surface area (Å²) in [6, 6.07) is 4.64. The van der Waals surface area contributed by atoms with E-state index >= 15 is 4.39 Å². The van der Waals surface area contributed by atoms with Crippen molar-refractivity contribution in [1.82, 2.24) is 10.2 Å². The topological polar surface area (TPSA) is 91.3 Å². The molecule has 3 N–H and O–H groups in total. The number of carboxylic acid groups (broad SMARTS) is 1. The third-order valence-corrected chi connectivity index (χ3v) is 8.40. The Labute approximate surface area is 219 Å². The molecule has 3 atom stereocenters. The van der Waals surface area contributed by atoms with Crippen LogP contribution in [-0.4, -0.2) is 73.8 Å². The van der Waals surface area contributed by atoms with Gasteiger partial charge in [0.15, 0.2) is 0 Å². The molecule has 2 fully saturated rings. The molecule has 3 rings (SSSR count). The standard InChI is InChI=1S/C27H42ClFN2O5/c1-30-18-21(17-20-9-4-3-5-10-20)27(19-31(25(32)33)14-16-36-27)26(34,13-6-7-15-35-2)22-11-8-12-23(28)24(22)29/h8,11-12,20-21,30,34H,3-7,9-10,13-19H2,1-2H3,(H,32,33)/t21-,26-,27+/m1/s1. The minimum absolute atomic E-state index is 0.0475. The first-order valence-corrected chi connectivity index (χ1v) is 13.6. The Morgan fingerprint density at radius 3 is 2.78 bits per heavy atom. The number of unbranched alkanes of at least 4 members (excludes halogenated alkanes) is 1. The first-order valence-electron chi connectivity index (χ1n) is 13.2. The molecule has 7 nitrogen and oxygen atoms in total. The molecule has 0 aromatic heterocycles. The number of morpholine rings is 1. The highest BCUT2D eigenvalue weighted by molar-refractivity contribution is 6.30. The zero-order valence-electron chi connectivity index (χ0n) is 21.6. The number of ether oxygens (including phenoxy) is 2. The van der Waals surface area contributed by atoms with E-state index in [0.29, 0.717) is 31.9 Å². The Bertz CT molecular complexity index is 855. The second kappa shape index (κ2) is 13.4. The van der Waals surface area contributed by atoms with Gasteiger partial charge < -0.3 is 29.9 Å². The van der Waals surface area contributed by atoms with Crippen LogP contribution in [0.2, 0.25) is 5.02 Å². The lowest BCUT2D eigenvalue weighted by Crippen LogP contribution is -2.69. The molecule has 36 heavy (non-hydrogen) atoms. The van der Waals surface area contributed by atoms with Crippen LogP contribution in [0.4, 0.5) is 9.18 Å². The van der Waals surface area contributed by atoms with Crippen LogP contribution >= 0.6 is 11.6 Å². The normalized spacial score (nSPS) is 23.9. The summed E-state index contributed by atoms with van der Waals surface area (Å²) in [5, 5.41) is 25.8. The molecule has 1 saturated carbocycles. The van der Waals surface area contributed by atoms with Gasteiger partial charge in [0.05, 0.1) is 18.2 Å². The molecule has 1 aromatic rings. The maximum atomic E-state index is 15.6. The SMILES string of the molecule is CNC[C@@H](CC1CCCCC1)[C@]1([C@@](O)(CCCCOC)c2cccc(Cl)c2F)CN(C(=O)O)CCO1. The molecule has 1 saturated heterocycles. The van der Waals surface area contributed by atoms with Crippen LogP contribution in [0.25, 0.3) is 0 Å². The molecular formula is C27H42ClFN2O5. The number of carbonyl (C=O) groups is 1. The van der Waals surface area contributed by atoms with Crippen molar-refractivity contribution < 1.29 is 28.9 Å². The lowest BCUT2D eigenvalue weighted by atomic mass is 9.64. The number of hydrogen-bond donors (Lipinski definition) is 3. The van der Waals surface area contributed by atoms with Gasteiger partial charge in [-0.05, 0) is 44.7 Å². The fraction of sp³-hybridized carbons (Fsp3) is 0.741. The summed E-state index contributed by atoms with van der Waals surface area (Å²) < 4.78 is 27.4. The maximum absolute atomic E-state index is 15.6. The van der Waals surface area contributed by atoms with Gasteiger partial charge in [0.1, 0.15) is 17.0 Å². The molecular weight excluding hydrogens is 487 g/mol. The summed E-state index contributed by atoms with van der Waals surface area (Å²) in [4.78, 5) is 13.5. The van der Waals surface area contributed by atoms with E-state index in [1.807, 2.05) is 7.05 Å². The molecule has 0 unspecified atom stereocenters. The largest absolute Gasteiger partial charge is 0.465 e. The smallest absolute Gasteiger partial charge is 0.407 e. The predicted molar refractivity (Wildman–Crippen MR) is 138 cm³/mol. The van der Waals surface area contributed by atoms with E-state index in [9.17, 15) is 15.0 Å². The Morgan fingerprint density at radius 2 is 2.11 bits per heavy atom. The minimum atomic E-state index is -1.81. The van der Waals surface area contributed by atoms with Gasteiger partial charge >= 0.3 is 6.09 Å². The van der Waals surface area contributed by atoms with Gasteiger partial charge in [-0.15, -0.1) is 0 Å². The van der Waals surface area contributed by atoms with Gasteiger partial charge in [-0.1, -0.05) is 55.8 Å². The molecule has 1 aromatic carbocycles. The zero-order valence-corrected chi connectivity index (χ0v) is 22.4. The number of hydrogen-bond acceptors (Lipinski definition) is 5. The zero-order chi connectivity index (χ0) is 26.2. The highest BCUT2D eigenvalue weighted by Crippen LogP contribution is 2.50. The molecule has 0 bridgehead atoms. The highest BCUT2D eigenvalue weighted by Gasteiger charge is 2.60. The summed E-state index contributed by atoms with van der Waals surface area (Å²) in [5.74, 6) is -0.497. The Morgan fingerprint density at radius 1 is 1.36 bits per heavy atom. The third-order valence-electron chi connectivity index (χ3n) is 8.10. The van der Waals surface area contributed by atoms with E-state index in [2.05, 4.69) is 5.32 Å². The lowest BCUT2D eigenvalue weighted by Gasteiger charge is -2.56. The molecule has 1 heterocycles. The van der Waals surface area contributed by atoms with Gasteiger partial charge in [0.2, 0.25) is 0 Å². The first kappa shape index (κ1) is 29.1. The second-order valence-corrected chi connectivity index (χ2v) is 10.8. The predicted octanol–water partition coefficient (Wildman–Crippen LogP) is 5.04. The number of benzene rings is 1. The van der Waals surface area contributed by atoms with Crippen molar-refractivity contribution in [3.8, 4) is 0 Å². The minimum Gasteiger partial charge on any atom is -0.465 e. The Kier molecular flexibility index (Phi) is 10.8.